The van der Waals surface area contributed by atoms with Crippen molar-refractivity contribution in [3.05, 3.63) is 70.0 Å². The number of hydrogen-bond acceptors (Lipinski definition) is 4. The third kappa shape index (κ3) is 4.85. The predicted octanol–water partition coefficient (Wildman–Crippen LogP) is 3.97. The first-order valence-corrected chi connectivity index (χ1v) is 12.2. The van der Waals surface area contributed by atoms with Gasteiger partial charge in [-0.3, -0.25) is 13.9 Å². The van der Waals surface area contributed by atoms with Crippen LogP contribution in [0.25, 0.3) is 10.9 Å². The van der Waals surface area contributed by atoms with E-state index < -0.39 is 21.4 Å². The third-order valence-corrected chi connectivity index (χ3v) is 7.29. The topological polar surface area (TPSA) is 99.3 Å². The summed E-state index contributed by atoms with van der Waals surface area (Å²) in [6.07, 6.45) is 5.43. The minimum atomic E-state index is -3.90. The van der Waals surface area contributed by atoms with Gasteiger partial charge in [-0.2, -0.15) is 0 Å². The van der Waals surface area contributed by atoms with Crippen LogP contribution in [0.4, 0.5) is 5.69 Å². The Hall–Kier alpha value is -3.13. The van der Waals surface area contributed by atoms with Crippen molar-refractivity contribution in [3.63, 3.8) is 0 Å². The number of unbranched alkanes of at least 4 members (excludes halogenated alkanes) is 3. The Kier molecular flexibility index (Phi) is 7.35. The van der Waals surface area contributed by atoms with Crippen molar-refractivity contribution in [3.8, 4) is 0 Å². The monoisotopic (exact) mass is 455 g/mol. The van der Waals surface area contributed by atoms with Crippen molar-refractivity contribution in [1.82, 2.24) is 10.3 Å². The first-order chi connectivity index (χ1) is 15.3. The highest BCUT2D eigenvalue weighted by atomic mass is 32.2. The van der Waals surface area contributed by atoms with Crippen molar-refractivity contribution in [1.29, 1.82) is 0 Å². The van der Waals surface area contributed by atoms with E-state index >= 15 is 0 Å². The second-order valence-electron chi connectivity index (χ2n) is 7.81. The van der Waals surface area contributed by atoms with Gasteiger partial charge in [-0.1, -0.05) is 44.4 Å². The highest BCUT2D eigenvalue weighted by Crippen LogP contribution is 2.26. The maximum Gasteiger partial charge on any atom is 0.264 e. The summed E-state index contributed by atoms with van der Waals surface area (Å²) in [5, 5.41) is 2.92. The number of sulfonamides is 1. The van der Waals surface area contributed by atoms with Crippen LogP contribution in [-0.4, -0.2) is 32.9 Å². The Labute approximate surface area is 188 Å². The van der Waals surface area contributed by atoms with Crippen LogP contribution in [0.5, 0.6) is 0 Å². The number of para-hydroxylation sites is 1. The highest BCUT2D eigenvalue weighted by Gasteiger charge is 2.23. The van der Waals surface area contributed by atoms with E-state index in [1.165, 1.54) is 29.7 Å². The zero-order chi connectivity index (χ0) is 23.3. The molecule has 3 rings (SSSR count). The lowest BCUT2D eigenvalue weighted by Crippen LogP contribution is -2.30. The second-order valence-corrected chi connectivity index (χ2v) is 9.78. The van der Waals surface area contributed by atoms with Gasteiger partial charge in [-0.25, -0.2) is 8.42 Å². The molecule has 1 aromatic heterocycles. The van der Waals surface area contributed by atoms with Gasteiger partial charge in [0.25, 0.3) is 15.9 Å². The minimum absolute atomic E-state index is 0.0154. The highest BCUT2D eigenvalue weighted by molar-refractivity contribution is 7.92. The average molecular weight is 456 g/mol. The molecular formula is C24H29N3O4S. The van der Waals surface area contributed by atoms with Crippen LogP contribution in [0.15, 0.2) is 58.4 Å². The molecule has 0 saturated heterocycles. The largest absolute Gasteiger partial charge is 0.360 e. The number of aryl methyl sites for hydroxylation is 1. The molecule has 2 aromatic carbocycles. The van der Waals surface area contributed by atoms with E-state index in [0.717, 1.165) is 31.2 Å². The van der Waals surface area contributed by atoms with Gasteiger partial charge in [-0.15, -0.1) is 0 Å². The van der Waals surface area contributed by atoms with Crippen molar-refractivity contribution in [2.45, 2.75) is 44.4 Å². The molecule has 0 saturated carbocycles. The zero-order valence-electron chi connectivity index (χ0n) is 18.6. The number of benzene rings is 2. The fourth-order valence-electron chi connectivity index (χ4n) is 3.58. The molecule has 0 aliphatic carbocycles. The number of rotatable bonds is 9. The molecule has 1 amide bonds. The van der Waals surface area contributed by atoms with Crippen molar-refractivity contribution >= 4 is 32.5 Å². The van der Waals surface area contributed by atoms with Crippen molar-refractivity contribution in [2.24, 2.45) is 0 Å². The third-order valence-electron chi connectivity index (χ3n) is 5.53. The van der Waals surface area contributed by atoms with Gasteiger partial charge in [0.1, 0.15) is 5.56 Å². The summed E-state index contributed by atoms with van der Waals surface area (Å²) < 4.78 is 27.6. The maximum atomic E-state index is 13.2. The number of pyridine rings is 1. The number of amides is 1. The lowest BCUT2D eigenvalue weighted by Gasteiger charge is -2.21. The lowest BCUT2D eigenvalue weighted by molar-refractivity contribution is 0.0951. The molecule has 0 fully saturated rings. The van der Waals surface area contributed by atoms with Gasteiger partial charge < -0.3 is 10.3 Å². The maximum absolute atomic E-state index is 13.2. The van der Waals surface area contributed by atoms with E-state index in [0.29, 0.717) is 17.7 Å². The van der Waals surface area contributed by atoms with Gasteiger partial charge in [0.2, 0.25) is 5.43 Å². The van der Waals surface area contributed by atoms with E-state index in [1.807, 2.05) is 19.1 Å². The van der Waals surface area contributed by atoms with Crippen LogP contribution in [0.3, 0.4) is 0 Å². The molecule has 32 heavy (non-hydrogen) atoms. The molecule has 0 spiro atoms. The smallest absolute Gasteiger partial charge is 0.264 e. The van der Waals surface area contributed by atoms with E-state index in [4.69, 9.17) is 0 Å². The van der Waals surface area contributed by atoms with Crippen LogP contribution in [0.2, 0.25) is 0 Å². The summed E-state index contributed by atoms with van der Waals surface area (Å²) in [5.41, 5.74) is 1.30. The Bertz CT molecular complexity index is 1280. The number of carbonyl (C=O) groups is 1. The Morgan fingerprint density at radius 1 is 1.09 bits per heavy atom. The van der Waals surface area contributed by atoms with Crippen LogP contribution in [0, 0.1) is 6.92 Å². The first-order valence-electron chi connectivity index (χ1n) is 10.8. The number of anilines is 1. The number of hydrogen-bond donors (Lipinski definition) is 2. The summed E-state index contributed by atoms with van der Waals surface area (Å²) in [7, 11) is -2.42. The standard InChI is InChI=1S/C24H29N3O4S/c1-4-5-6-9-14-25-24(29)20-16-26-21-13-12-18(15-19(21)23(20)28)32(30,31)27(3)22-11-8-7-10-17(22)2/h7-8,10-13,15-16H,4-6,9,14H2,1-3H3,(H,25,29)(H,26,28). The second kappa shape index (κ2) is 9.99. The molecular weight excluding hydrogens is 426 g/mol. The molecule has 0 unspecified atom stereocenters. The number of H-pyrrole nitrogens is 1. The molecule has 0 radical (unpaired) electrons. The molecule has 8 heteroatoms. The number of aromatic amines is 1. The summed E-state index contributed by atoms with van der Waals surface area (Å²) in [6.45, 7) is 4.44. The molecule has 0 atom stereocenters. The SMILES string of the molecule is CCCCCCNC(=O)c1c[nH]c2ccc(S(=O)(=O)N(C)c3ccccc3C)cc2c1=O. The van der Waals surface area contributed by atoms with Gasteiger partial charge in [0.15, 0.2) is 0 Å². The molecule has 0 aliphatic rings. The van der Waals surface area contributed by atoms with E-state index in [2.05, 4.69) is 17.2 Å². The van der Waals surface area contributed by atoms with Crippen LogP contribution < -0.4 is 15.1 Å². The quantitative estimate of drug-likeness (QED) is 0.477. The molecule has 0 aliphatic heterocycles. The molecule has 7 nitrogen and oxygen atoms in total. The number of fused-ring (bicyclic) bond motifs is 1. The zero-order valence-corrected chi connectivity index (χ0v) is 19.5. The fourth-order valence-corrected chi connectivity index (χ4v) is 4.87. The number of nitrogens with one attached hydrogen (secondary N) is 2. The first kappa shape index (κ1) is 23.5. The summed E-state index contributed by atoms with van der Waals surface area (Å²) in [6, 6.07) is 11.5. The molecule has 170 valence electrons. The molecule has 0 bridgehead atoms. The van der Waals surface area contributed by atoms with Crippen LogP contribution >= 0.6 is 0 Å². The van der Waals surface area contributed by atoms with Gasteiger partial charge in [0, 0.05) is 30.7 Å². The molecule has 1 heterocycles. The molecule has 2 N–H and O–H groups in total. The Balaban J connectivity index is 1.92. The normalized spacial score (nSPS) is 11.5. The summed E-state index contributed by atoms with van der Waals surface area (Å²) in [5.74, 6) is -0.463. The van der Waals surface area contributed by atoms with Crippen molar-refractivity contribution in [2.75, 3.05) is 17.9 Å². The van der Waals surface area contributed by atoms with Crippen molar-refractivity contribution < 1.29 is 13.2 Å². The van der Waals surface area contributed by atoms with E-state index in [9.17, 15) is 18.0 Å². The lowest BCUT2D eigenvalue weighted by atomic mass is 10.1. The number of carbonyl (C=O) groups excluding carboxylic acids is 1. The van der Waals surface area contributed by atoms with Gasteiger partial charge in [0.05, 0.1) is 10.6 Å². The van der Waals surface area contributed by atoms with Crippen LogP contribution in [-0.2, 0) is 10.0 Å². The van der Waals surface area contributed by atoms with Gasteiger partial charge >= 0.3 is 0 Å². The fraction of sp³-hybridized carbons (Fsp3) is 0.333. The van der Waals surface area contributed by atoms with Crippen LogP contribution in [0.1, 0.15) is 48.5 Å². The van der Waals surface area contributed by atoms with Gasteiger partial charge in [-0.05, 0) is 43.2 Å². The summed E-state index contributed by atoms with van der Waals surface area (Å²) >= 11 is 0. The average Bonchev–Trinajstić information content (AvgIpc) is 2.78. The Morgan fingerprint density at radius 3 is 2.56 bits per heavy atom. The summed E-state index contributed by atoms with van der Waals surface area (Å²) in [4.78, 5) is 28.4. The number of aromatic nitrogens is 1. The van der Waals surface area contributed by atoms with E-state index in [1.54, 1.807) is 18.2 Å². The number of nitrogens with zero attached hydrogens (tertiary/aromatic N) is 1. The Morgan fingerprint density at radius 2 is 1.84 bits per heavy atom. The van der Waals surface area contributed by atoms with E-state index in [-0.39, 0.29) is 15.8 Å². The minimum Gasteiger partial charge on any atom is -0.360 e. The molecule has 3 aromatic rings. The predicted molar refractivity (Wildman–Crippen MR) is 128 cm³/mol.